The summed E-state index contributed by atoms with van der Waals surface area (Å²) in [7, 11) is -3.75. The number of piperazine rings is 1. The molecule has 1 saturated heterocycles. The lowest BCUT2D eigenvalue weighted by Crippen LogP contribution is -2.53. The van der Waals surface area contributed by atoms with Crippen molar-refractivity contribution in [1.82, 2.24) is 18.0 Å². The fourth-order valence-electron chi connectivity index (χ4n) is 3.43. The van der Waals surface area contributed by atoms with Crippen molar-refractivity contribution in [1.29, 1.82) is 5.26 Å². The third-order valence-corrected chi connectivity index (χ3v) is 7.51. The van der Waals surface area contributed by atoms with Crippen LogP contribution in [0.5, 0.6) is 5.75 Å². The lowest BCUT2D eigenvalue weighted by molar-refractivity contribution is -0.139. The highest BCUT2D eigenvalue weighted by Gasteiger charge is 2.33. The zero-order chi connectivity index (χ0) is 22.0. The van der Waals surface area contributed by atoms with Gasteiger partial charge in [0, 0.05) is 26.2 Å². The number of benzene rings is 2. The van der Waals surface area contributed by atoms with E-state index in [1.54, 1.807) is 48.2 Å². The molecule has 2 aromatic carbocycles. The van der Waals surface area contributed by atoms with Gasteiger partial charge in [0.05, 0.1) is 23.4 Å². The van der Waals surface area contributed by atoms with Gasteiger partial charge in [-0.25, -0.2) is 8.42 Å². The van der Waals surface area contributed by atoms with Gasteiger partial charge in [0.25, 0.3) is 5.91 Å². The van der Waals surface area contributed by atoms with Gasteiger partial charge in [0.15, 0.2) is 6.10 Å². The van der Waals surface area contributed by atoms with Crippen molar-refractivity contribution >= 4 is 38.7 Å². The van der Waals surface area contributed by atoms with Crippen LogP contribution in [0, 0.1) is 11.3 Å². The van der Waals surface area contributed by atoms with E-state index < -0.39 is 16.1 Å². The van der Waals surface area contributed by atoms with Crippen molar-refractivity contribution in [2.75, 3.05) is 26.2 Å². The van der Waals surface area contributed by atoms with Crippen molar-refractivity contribution in [3.63, 3.8) is 0 Å². The van der Waals surface area contributed by atoms with E-state index in [1.165, 1.54) is 10.4 Å². The van der Waals surface area contributed by atoms with Gasteiger partial charge in [-0.3, -0.25) is 4.79 Å². The van der Waals surface area contributed by atoms with Crippen LogP contribution in [0.4, 0.5) is 0 Å². The molecule has 1 fully saturated rings. The van der Waals surface area contributed by atoms with Gasteiger partial charge >= 0.3 is 0 Å². The molecule has 0 radical (unpaired) electrons. The Bertz CT molecular complexity index is 1260. The van der Waals surface area contributed by atoms with Crippen LogP contribution >= 0.6 is 11.7 Å². The Kier molecular flexibility index (Phi) is 5.86. The summed E-state index contributed by atoms with van der Waals surface area (Å²) >= 11 is 0.973. The summed E-state index contributed by atoms with van der Waals surface area (Å²) in [5.74, 6) is 0.205. The molecule has 1 aromatic heterocycles. The Hall–Kier alpha value is -3.07. The molecule has 0 spiro atoms. The minimum absolute atomic E-state index is 0.132. The van der Waals surface area contributed by atoms with Crippen LogP contribution in [-0.4, -0.2) is 64.6 Å². The molecule has 1 unspecified atom stereocenters. The quantitative estimate of drug-likeness (QED) is 0.574. The molecule has 0 N–H and O–H groups in total. The van der Waals surface area contributed by atoms with E-state index in [0.717, 1.165) is 11.7 Å². The predicted molar refractivity (Wildman–Crippen MR) is 114 cm³/mol. The number of sulfonamides is 1. The maximum Gasteiger partial charge on any atom is 0.263 e. The van der Waals surface area contributed by atoms with E-state index in [4.69, 9.17) is 10.00 Å². The molecular formula is C20H19N5O4S2. The largest absolute Gasteiger partial charge is 0.481 e. The summed E-state index contributed by atoms with van der Waals surface area (Å²) in [5, 5.41) is 8.99. The van der Waals surface area contributed by atoms with Gasteiger partial charge in [-0.05, 0) is 37.3 Å². The lowest BCUT2D eigenvalue weighted by atomic mass is 10.2. The molecule has 11 heteroatoms. The third kappa shape index (κ3) is 4.23. The fourth-order valence-corrected chi connectivity index (χ4v) is 5.60. The normalized spacial score (nSPS) is 16.1. The van der Waals surface area contributed by atoms with E-state index in [-0.39, 0.29) is 37.0 Å². The average Bonchev–Trinajstić information content (AvgIpc) is 3.27. The zero-order valence-corrected chi connectivity index (χ0v) is 18.3. The van der Waals surface area contributed by atoms with Crippen molar-refractivity contribution < 1.29 is 17.9 Å². The van der Waals surface area contributed by atoms with Gasteiger partial charge in [0.2, 0.25) is 10.0 Å². The smallest absolute Gasteiger partial charge is 0.263 e. The molecule has 2 heterocycles. The van der Waals surface area contributed by atoms with Crippen LogP contribution in [0.2, 0.25) is 0 Å². The average molecular weight is 458 g/mol. The van der Waals surface area contributed by atoms with E-state index in [9.17, 15) is 13.2 Å². The highest BCUT2D eigenvalue weighted by molar-refractivity contribution is 7.89. The number of hydrogen-bond acceptors (Lipinski definition) is 8. The van der Waals surface area contributed by atoms with Gasteiger partial charge < -0.3 is 9.64 Å². The summed E-state index contributed by atoms with van der Waals surface area (Å²) in [6.07, 6.45) is -0.757. The molecule has 9 nitrogen and oxygen atoms in total. The van der Waals surface area contributed by atoms with Crippen molar-refractivity contribution in [3.05, 3.63) is 48.0 Å². The summed E-state index contributed by atoms with van der Waals surface area (Å²) in [6.45, 7) is 2.52. The van der Waals surface area contributed by atoms with E-state index >= 15 is 0 Å². The molecule has 1 aliphatic heterocycles. The van der Waals surface area contributed by atoms with Crippen molar-refractivity contribution in [2.24, 2.45) is 0 Å². The summed E-state index contributed by atoms with van der Waals surface area (Å²) in [5.41, 5.74) is 1.36. The standard InChI is InChI=1S/C20H19N5O4S2/c1-14(29-16-5-2-4-15(12-16)13-21)20(26)24-8-10-25(11-9-24)31(27,28)18-7-3-6-17-19(18)23-30-22-17/h2-7,12,14H,8-11H2,1H3. The lowest BCUT2D eigenvalue weighted by Gasteiger charge is -2.35. The minimum Gasteiger partial charge on any atom is -0.481 e. The monoisotopic (exact) mass is 457 g/mol. The Labute approximate surface area is 183 Å². The van der Waals surface area contributed by atoms with Gasteiger partial charge in [-0.15, -0.1) is 0 Å². The first-order valence-corrected chi connectivity index (χ1v) is 11.7. The number of rotatable bonds is 5. The molecule has 0 saturated carbocycles. The number of hydrogen-bond donors (Lipinski definition) is 0. The zero-order valence-electron chi connectivity index (χ0n) is 16.6. The Morgan fingerprint density at radius 1 is 1.16 bits per heavy atom. The van der Waals surface area contributed by atoms with Crippen LogP contribution in [0.25, 0.3) is 11.0 Å². The number of ether oxygens (including phenoxy) is 1. The molecule has 31 heavy (non-hydrogen) atoms. The van der Waals surface area contributed by atoms with Gasteiger partial charge in [-0.2, -0.15) is 18.3 Å². The molecule has 0 bridgehead atoms. The number of carbonyl (C=O) groups excluding carboxylic acids is 1. The molecule has 4 rings (SSSR count). The maximum atomic E-state index is 13.1. The molecular weight excluding hydrogens is 438 g/mol. The first kappa shape index (κ1) is 21.2. The number of aromatic nitrogens is 2. The number of nitriles is 1. The topological polar surface area (TPSA) is 116 Å². The Balaban J connectivity index is 1.41. The van der Waals surface area contributed by atoms with E-state index in [1.807, 2.05) is 6.07 Å². The number of nitrogens with zero attached hydrogens (tertiary/aromatic N) is 5. The van der Waals surface area contributed by atoms with Crippen molar-refractivity contribution in [3.8, 4) is 11.8 Å². The fraction of sp³-hybridized carbons (Fsp3) is 0.300. The Morgan fingerprint density at radius 3 is 2.65 bits per heavy atom. The SMILES string of the molecule is CC(Oc1cccc(C#N)c1)C(=O)N1CCN(S(=O)(=O)c2cccc3nsnc23)CC1. The van der Waals surface area contributed by atoms with Crippen LogP contribution < -0.4 is 4.74 Å². The highest BCUT2D eigenvalue weighted by Crippen LogP contribution is 2.25. The second kappa shape index (κ2) is 8.58. The molecule has 3 aromatic rings. The van der Waals surface area contributed by atoms with Crippen LogP contribution in [0.3, 0.4) is 0 Å². The molecule has 1 atom stereocenters. The molecule has 160 valence electrons. The summed E-state index contributed by atoms with van der Waals surface area (Å²) in [4.78, 5) is 14.5. The molecule has 1 aliphatic rings. The van der Waals surface area contributed by atoms with Gasteiger partial charge in [0.1, 0.15) is 21.7 Å². The highest BCUT2D eigenvalue weighted by atomic mass is 32.2. The molecule has 0 aliphatic carbocycles. The summed E-state index contributed by atoms with van der Waals surface area (Å²) in [6, 6.07) is 13.5. The minimum atomic E-state index is -3.75. The van der Waals surface area contributed by atoms with Crippen molar-refractivity contribution in [2.45, 2.75) is 17.9 Å². The predicted octanol–water partition coefficient (Wildman–Crippen LogP) is 1.86. The third-order valence-electron chi connectivity index (χ3n) is 5.04. The number of fused-ring (bicyclic) bond motifs is 1. The first-order chi connectivity index (χ1) is 14.9. The first-order valence-electron chi connectivity index (χ1n) is 9.57. The van der Waals surface area contributed by atoms with Crippen LogP contribution in [-0.2, 0) is 14.8 Å². The Morgan fingerprint density at radius 2 is 1.90 bits per heavy atom. The van der Waals surface area contributed by atoms with E-state index in [2.05, 4.69) is 8.75 Å². The van der Waals surface area contributed by atoms with E-state index in [0.29, 0.717) is 22.3 Å². The van der Waals surface area contributed by atoms with Gasteiger partial charge in [-0.1, -0.05) is 12.1 Å². The number of carbonyl (C=O) groups is 1. The molecule has 1 amide bonds. The van der Waals surface area contributed by atoms with Crippen LogP contribution in [0.15, 0.2) is 47.4 Å². The maximum absolute atomic E-state index is 13.1. The second-order valence-electron chi connectivity index (χ2n) is 7.02. The number of amides is 1. The summed E-state index contributed by atoms with van der Waals surface area (Å²) < 4.78 is 41.5. The second-order valence-corrected chi connectivity index (χ2v) is 9.45. The van der Waals surface area contributed by atoms with Crippen LogP contribution in [0.1, 0.15) is 12.5 Å².